The number of carbonyl (C=O) groups is 1. The normalized spacial score (nSPS) is 12.1. The lowest BCUT2D eigenvalue weighted by Gasteiger charge is -2.05. The van der Waals surface area contributed by atoms with E-state index in [4.69, 9.17) is 0 Å². The van der Waals surface area contributed by atoms with E-state index in [0.29, 0.717) is 24.0 Å². The van der Waals surface area contributed by atoms with Crippen molar-refractivity contribution in [1.82, 2.24) is 0 Å². The van der Waals surface area contributed by atoms with E-state index in [9.17, 15) is 20.1 Å². The lowest BCUT2D eigenvalue weighted by atomic mass is 10.0. The second kappa shape index (κ2) is 9.60. The number of hydrogen-bond donors (Lipinski definition) is 3. The van der Waals surface area contributed by atoms with Crippen molar-refractivity contribution in [2.24, 2.45) is 0 Å². The van der Waals surface area contributed by atoms with Crippen LogP contribution >= 0.6 is 0 Å². The number of benzene rings is 1. The highest BCUT2D eigenvalue weighted by Gasteiger charge is 2.08. The molecular weight excluding hydrogens is 304 g/mol. The first-order chi connectivity index (χ1) is 11.3. The molecule has 1 rings (SSSR count). The van der Waals surface area contributed by atoms with Crippen LogP contribution in [0.2, 0.25) is 0 Å². The number of phenols is 2. The quantitative estimate of drug-likeness (QED) is 0.366. The van der Waals surface area contributed by atoms with Gasteiger partial charge in [-0.2, -0.15) is 0 Å². The van der Waals surface area contributed by atoms with Gasteiger partial charge in [-0.05, 0) is 64.7 Å². The number of rotatable bonds is 8. The molecule has 0 heterocycles. The predicted octanol–water partition coefficient (Wildman–Crippen LogP) is 4.73. The van der Waals surface area contributed by atoms with Crippen LogP contribution in [-0.2, 0) is 11.2 Å². The molecule has 0 aromatic heterocycles. The molecule has 24 heavy (non-hydrogen) atoms. The summed E-state index contributed by atoms with van der Waals surface area (Å²) in [6, 6.07) is 4.23. The van der Waals surface area contributed by atoms with Gasteiger partial charge in [-0.25, -0.2) is 4.79 Å². The van der Waals surface area contributed by atoms with E-state index in [0.717, 1.165) is 6.42 Å². The van der Waals surface area contributed by atoms with Crippen LogP contribution in [0.4, 0.5) is 0 Å². The minimum absolute atomic E-state index is 0.0471. The van der Waals surface area contributed by atoms with Crippen molar-refractivity contribution >= 4 is 5.97 Å². The zero-order chi connectivity index (χ0) is 18.1. The van der Waals surface area contributed by atoms with E-state index >= 15 is 0 Å². The molecule has 0 spiro atoms. The summed E-state index contributed by atoms with van der Waals surface area (Å²) in [4.78, 5) is 11.4. The lowest BCUT2D eigenvalue weighted by molar-refractivity contribution is -0.132. The monoisotopic (exact) mass is 330 g/mol. The second-order valence-electron chi connectivity index (χ2n) is 6.13. The highest BCUT2D eigenvalue weighted by Crippen LogP contribution is 2.23. The molecular formula is C20H26O4. The third-order valence-electron chi connectivity index (χ3n) is 3.64. The van der Waals surface area contributed by atoms with Gasteiger partial charge >= 0.3 is 5.97 Å². The summed E-state index contributed by atoms with van der Waals surface area (Å²) in [5.41, 5.74) is 3.29. The van der Waals surface area contributed by atoms with Crippen molar-refractivity contribution in [2.75, 3.05) is 0 Å². The SMILES string of the molecule is CC(C)=CCC(C)=CCCC(=CCc1cc(O)ccc1O)C(=O)O. The molecule has 0 atom stereocenters. The fourth-order valence-corrected chi connectivity index (χ4v) is 2.19. The molecule has 0 fully saturated rings. The smallest absolute Gasteiger partial charge is 0.331 e. The second-order valence-corrected chi connectivity index (χ2v) is 6.13. The summed E-state index contributed by atoms with van der Waals surface area (Å²) in [5, 5.41) is 28.5. The van der Waals surface area contributed by atoms with Crippen molar-refractivity contribution in [1.29, 1.82) is 0 Å². The molecule has 0 saturated carbocycles. The van der Waals surface area contributed by atoms with Crippen LogP contribution in [0.25, 0.3) is 0 Å². The maximum atomic E-state index is 11.4. The molecule has 0 aliphatic heterocycles. The number of hydrogen-bond acceptors (Lipinski definition) is 3. The minimum Gasteiger partial charge on any atom is -0.508 e. The zero-order valence-electron chi connectivity index (χ0n) is 14.5. The Balaban J connectivity index is 2.70. The van der Waals surface area contributed by atoms with Gasteiger partial charge in [0.1, 0.15) is 11.5 Å². The van der Waals surface area contributed by atoms with Gasteiger partial charge < -0.3 is 15.3 Å². The van der Waals surface area contributed by atoms with Gasteiger partial charge in [-0.1, -0.05) is 29.4 Å². The summed E-state index contributed by atoms with van der Waals surface area (Å²) >= 11 is 0. The molecule has 0 aliphatic carbocycles. The lowest BCUT2D eigenvalue weighted by Crippen LogP contribution is -2.01. The third-order valence-corrected chi connectivity index (χ3v) is 3.64. The molecule has 0 saturated heterocycles. The Kier molecular flexibility index (Phi) is 7.83. The van der Waals surface area contributed by atoms with E-state index in [1.807, 2.05) is 6.92 Å². The van der Waals surface area contributed by atoms with Gasteiger partial charge in [0, 0.05) is 11.1 Å². The van der Waals surface area contributed by atoms with E-state index in [-0.39, 0.29) is 17.9 Å². The van der Waals surface area contributed by atoms with Gasteiger partial charge in [0.15, 0.2) is 0 Å². The van der Waals surface area contributed by atoms with Crippen molar-refractivity contribution in [3.05, 3.63) is 58.7 Å². The van der Waals surface area contributed by atoms with Crippen molar-refractivity contribution in [2.45, 2.75) is 46.5 Å². The summed E-state index contributed by atoms with van der Waals surface area (Å²) < 4.78 is 0. The van der Waals surface area contributed by atoms with Crippen LogP contribution in [0, 0.1) is 0 Å². The maximum Gasteiger partial charge on any atom is 0.331 e. The van der Waals surface area contributed by atoms with Gasteiger partial charge in [0.25, 0.3) is 0 Å². The molecule has 130 valence electrons. The van der Waals surface area contributed by atoms with Crippen molar-refractivity contribution in [3.63, 3.8) is 0 Å². The molecule has 0 unspecified atom stereocenters. The Labute approximate surface area is 143 Å². The Morgan fingerprint density at radius 2 is 1.79 bits per heavy atom. The van der Waals surface area contributed by atoms with Crippen LogP contribution in [-0.4, -0.2) is 21.3 Å². The van der Waals surface area contributed by atoms with E-state index < -0.39 is 5.97 Å². The fourth-order valence-electron chi connectivity index (χ4n) is 2.19. The number of aromatic hydroxyl groups is 2. The first-order valence-corrected chi connectivity index (χ1v) is 8.01. The highest BCUT2D eigenvalue weighted by atomic mass is 16.4. The first kappa shape index (κ1) is 19.6. The standard InChI is InChI=1S/C20H26O4/c1-14(2)7-8-15(3)5-4-6-16(20(23)24)9-10-17-13-18(21)11-12-19(17)22/h5,7,9,11-13,21-22H,4,6,8,10H2,1-3H3,(H,23,24). The van der Waals surface area contributed by atoms with Gasteiger partial charge in [-0.3, -0.25) is 0 Å². The van der Waals surface area contributed by atoms with Crippen LogP contribution in [0.5, 0.6) is 11.5 Å². The van der Waals surface area contributed by atoms with Gasteiger partial charge in [0.05, 0.1) is 0 Å². The average Bonchev–Trinajstić information content (AvgIpc) is 2.51. The number of allylic oxidation sites excluding steroid dienone is 5. The largest absolute Gasteiger partial charge is 0.508 e. The summed E-state index contributed by atoms with van der Waals surface area (Å²) in [6.45, 7) is 6.14. The molecule has 4 nitrogen and oxygen atoms in total. The van der Waals surface area contributed by atoms with Crippen LogP contribution in [0.15, 0.2) is 53.1 Å². The van der Waals surface area contributed by atoms with E-state index in [2.05, 4.69) is 26.0 Å². The Morgan fingerprint density at radius 3 is 2.42 bits per heavy atom. The molecule has 0 aliphatic rings. The molecule has 0 radical (unpaired) electrons. The summed E-state index contributed by atoms with van der Waals surface area (Å²) in [7, 11) is 0. The van der Waals surface area contributed by atoms with E-state index in [1.54, 1.807) is 6.08 Å². The Hall–Kier alpha value is -2.49. The minimum atomic E-state index is -0.954. The number of aliphatic carboxylic acids is 1. The molecule has 1 aromatic carbocycles. The fraction of sp³-hybridized carbons (Fsp3) is 0.350. The van der Waals surface area contributed by atoms with Gasteiger partial charge in [-0.15, -0.1) is 0 Å². The highest BCUT2D eigenvalue weighted by molar-refractivity contribution is 5.86. The molecule has 0 amide bonds. The van der Waals surface area contributed by atoms with Crippen LogP contribution < -0.4 is 0 Å². The number of carboxylic acids is 1. The zero-order valence-corrected chi connectivity index (χ0v) is 14.5. The first-order valence-electron chi connectivity index (χ1n) is 8.01. The average molecular weight is 330 g/mol. The summed E-state index contributed by atoms with van der Waals surface area (Å²) in [6.07, 6.45) is 8.03. The number of phenolic OH excluding ortho intramolecular Hbond substituents is 2. The van der Waals surface area contributed by atoms with Gasteiger partial charge in [0.2, 0.25) is 0 Å². The van der Waals surface area contributed by atoms with Crippen molar-refractivity contribution in [3.8, 4) is 11.5 Å². The Morgan fingerprint density at radius 1 is 1.08 bits per heavy atom. The maximum absolute atomic E-state index is 11.4. The predicted molar refractivity (Wildman–Crippen MR) is 96.2 cm³/mol. The number of carboxylic acid groups (broad SMARTS) is 1. The van der Waals surface area contributed by atoms with Crippen LogP contribution in [0.1, 0.15) is 45.6 Å². The third kappa shape index (κ3) is 7.18. The molecule has 3 N–H and O–H groups in total. The molecule has 0 bridgehead atoms. The molecule has 4 heteroatoms. The van der Waals surface area contributed by atoms with E-state index in [1.165, 1.54) is 29.3 Å². The van der Waals surface area contributed by atoms with Crippen molar-refractivity contribution < 1.29 is 20.1 Å². The molecule has 1 aromatic rings. The summed E-state index contributed by atoms with van der Waals surface area (Å²) in [5.74, 6) is -0.859. The Bertz CT molecular complexity index is 662. The topological polar surface area (TPSA) is 77.8 Å². The van der Waals surface area contributed by atoms with Crippen LogP contribution in [0.3, 0.4) is 0 Å².